The number of carbonyl (C=O) groups is 1. The Morgan fingerprint density at radius 1 is 1.33 bits per heavy atom. The zero-order chi connectivity index (χ0) is 21.3. The number of fused-ring (bicyclic) bond motifs is 1. The first-order chi connectivity index (χ1) is 14.4. The van der Waals surface area contributed by atoms with E-state index in [-0.39, 0.29) is 5.56 Å². The molecule has 156 valence electrons. The average Bonchev–Trinajstić information content (AvgIpc) is 3.34. The van der Waals surface area contributed by atoms with E-state index in [4.69, 9.17) is 4.74 Å². The molecule has 0 bridgehead atoms. The van der Waals surface area contributed by atoms with Crippen molar-refractivity contribution in [3.05, 3.63) is 62.0 Å². The van der Waals surface area contributed by atoms with Crippen LogP contribution in [0.4, 0.5) is 0 Å². The van der Waals surface area contributed by atoms with Gasteiger partial charge in [-0.15, -0.1) is 11.3 Å². The number of thiophene rings is 1. The number of aromatic amines is 1. The second-order valence-electron chi connectivity index (χ2n) is 6.90. The first kappa shape index (κ1) is 21.1. The van der Waals surface area contributed by atoms with E-state index in [1.807, 2.05) is 32.0 Å². The van der Waals surface area contributed by atoms with Crippen LogP contribution in [0.2, 0.25) is 0 Å². The lowest BCUT2D eigenvalue weighted by Gasteiger charge is -2.14. The zero-order valence-electron chi connectivity index (χ0n) is 16.9. The molecule has 0 aliphatic carbocycles. The molecule has 1 aromatic carbocycles. The second-order valence-corrected chi connectivity index (χ2v) is 10.4. The highest BCUT2D eigenvalue weighted by Crippen LogP contribution is 2.29. The number of rotatable bonds is 5. The number of benzene rings is 1. The van der Waals surface area contributed by atoms with Gasteiger partial charge in [-0.1, -0.05) is 41.7 Å². The van der Waals surface area contributed by atoms with Gasteiger partial charge in [0, 0.05) is 16.4 Å². The number of hydrogen-bond donors (Lipinski definition) is 1. The Kier molecular flexibility index (Phi) is 6.31. The first-order valence-electron chi connectivity index (χ1n) is 9.53. The van der Waals surface area contributed by atoms with Crippen molar-refractivity contribution >= 4 is 55.4 Å². The number of esters is 1. The number of carbonyl (C=O) groups excluding carboxylic acids is 1. The summed E-state index contributed by atoms with van der Waals surface area (Å²) in [6, 6.07) is 7.42. The van der Waals surface area contributed by atoms with E-state index >= 15 is 0 Å². The van der Waals surface area contributed by atoms with Crippen LogP contribution in [0, 0.1) is 13.8 Å². The van der Waals surface area contributed by atoms with E-state index in [9.17, 15) is 9.59 Å². The fourth-order valence-corrected chi connectivity index (χ4v) is 6.18. The third-order valence-corrected chi connectivity index (χ3v) is 8.27. The van der Waals surface area contributed by atoms with Crippen LogP contribution in [0.5, 0.6) is 0 Å². The van der Waals surface area contributed by atoms with Crippen LogP contribution in [-0.2, 0) is 10.5 Å². The highest BCUT2D eigenvalue weighted by molar-refractivity contribution is 8.38. The maximum Gasteiger partial charge on any atom is 0.339 e. The molecule has 3 aromatic rings. The molecular formula is C21H21N3O3S3. The Balaban J connectivity index is 1.52. The lowest BCUT2D eigenvalue weighted by atomic mass is 10.1. The van der Waals surface area contributed by atoms with E-state index in [0.29, 0.717) is 27.4 Å². The minimum absolute atomic E-state index is 0.202. The van der Waals surface area contributed by atoms with E-state index in [1.165, 1.54) is 11.3 Å². The van der Waals surface area contributed by atoms with Gasteiger partial charge in [-0.3, -0.25) is 9.79 Å². The number of nitrogens with zero attached hydrogens (tertiary/aromatic N) is 2. The quantitative estimate of drug-likeness (QED) is 0.549. The Labute approximate surface area is 186 Å². The summed E-state index contributed by atoms with van der Waals surface area (Å²) in [4.78, 5) is 38.9. The summed E-state index contributed by atoms with van der Waals surface area (Å²) >= 11 is 4.86. The Morgan fingerprint density at radius 2 is 2.13 bits per heavy atom. The maximum atomic E-state index is 12.9. The van der Waals surface area contributed by atoms with Crippen LogP contribution in [0.25, 0.3) is 10.2 Å². The van der Waals surface area contributed by atoms with Crippen LogP contribution in [0.15, 0.2) is 34.1 Å². The van der Waals surface area contributed by atoms with E-state index in [1.54, 1.807) is 36.5 Å². The lowest BCUT2D eigenvalue weighted by molar-refractivity contribution is 0.0319. The predicted octanol–water partition coefficient (Wildman–Crippen LogP) is 4.86. The molecule has 6 nitrogen and oxygen atoms in total. The van der Waals surface area contributed by atoms with E-state index in [0.717, 1.165) is 32.7 Å². The fourth-order valence-electron chi connectivity index (χ4n) is 3.13. The molecule has 1 N–H and O–H groups in total. The molecule has 3 heterocycles. The van der Waals surface area contributed by atoms with Crippen molar-refractivity contribution in [2.45, 2.75) is 32.6 Å². The third kappa shape index (κ3) is 4.33. The number of hydrogen-bond acceptors (Lipinski definition) is 8. The second kappa shape index (κ2) is 8.95. The SMILES string of the molecule is Cc1sc2nc([C@H](C)OC(=O)c3ccccc3CSC3=NCCS3)[nH]c(=O)c2c1C. The van der Waals surface area contributed by atoms with Crippen molar-refractivity contribution in [3.8, 4) is 0 Å². The van der Waals surface area contributed by atoms with Crippen molar-refractivity contribution in [1.82, 2.24) is 9.97 Å². The molecule has 9 heteroatoms. The first-order valence-corrected chi connectivity index (χ1v) is 12.3. The molecular weight excluding hydrogens is 438 g/mol. The summed E-state index contributed by atoms with van der Waals surface area (Å²) in [5.74, 6) is 1.59. The van der Waals surface area contributed by atoms with Gasteiger partial charge in [-0.25, -0.2) is 9.78 Å². The molecule has 0 fully saturated rings. The number of ether oxygens (including phenoxy) is 1. The zero-order valence-corrected chi connectivity index (χ0v) is 19.3. The molecule has 4 rings (SSSR count). The number of aryl methyl sites for hydroxylation is 2. The predicted molar refractivity (Wildman–Crippen MR) is 126 cm³/mol. The summed E-state index contributed by atoms with van der Waals surface area (Å²) in [5, 5.41) is 0.606. The van der Waals surface area contributed by atoms with Crippen LogP contribution >= 0.6 is 34.9 Å². The fraction of sp³-hybridized carbons (Fsp3) is 0.333. The molecule has 2 aromatic heterocycles. The van der Waals surface area contributed by atoms with Gasteiger partial charge in [0.25, 0.3) is 5.56 Å². The molecule has 0 unspecified atom stereocenters. The number of H-pyrrole nitrogens is 1. The van der Waals surface area contributed by atoms with Crippen LogP contribution in [0.3, 0.4) is 0 Å². The number of nitrogens with one attached hydrogen (secondary N) is 1. The van der Waals surface area contributed by atoms with Crippen molar-refractivity contribution in [2.75, 3.05) is 12.3 Å². The molecule has 0 saturated heterocycles. The van der Waals surface area contributed by atoms with Gasteiger partial charge in [0.1, 0.15) is 9.21 Å². The number of aromatic nitrogens is 2. The normalized spacial score (nSPS) is 14.7. The van der Waals surface area contributed by atoms with Crippen molar-refractivity contribution in [2.24, 2.45) is 4.99 Å². The standard InChI is InChI=1S/C21H21N3O3S3/c1-11-13(3)30-19-16(11)18(25)23-17(24-19)12(2)27-20(26)15-7-5-4-6-14(15)10-29-21-22-8-9-28-21/h4-7,12H,8-10H2,1-3H3,(H,23,24,25)/t12-/m0/s1. The molecule has 1 aliphatic heterocycles. The largest absolute Gasteiger partial charge is 0.451 e. The van der Waals surface area contributed by atoms with Gasteiger partial charge < -0.3 is 9.72 Å². The Hall–Kier alpha value is -2.10. The van der Waals surface area contributed by atoms with Gasteiger partial charge in [-0.2, -0.15) is 0 Å². The molecule has 0 spiro atoms. The summed E-state index contributed by atoms with van der Waals surface area (Å²) in [6.45, 7) is 6.46. The monoisotopic (exact) mass is 459 g/mol. The maximum absolute atomic E-state index is 12.9. The summed E-state index contributed by atoms with van der Waals surface area (Å²) in [5.41, 5.74) is 2.16. The molecule has 1 aliphatic rings. The third-order valence-electron chi connectivity index (χ3n) is 4.87. The lowest BCUT2D eigenvalue weighted by Crippen LogP contribution is -2.18. The smallest absolute Gasteiger partial charge is 0.339 e. The molecule has 0 amide bonds. The summed E-state index contributed by atoms with van der Waals surface area (Å²) in [7, 11) is 0. The Bertz CT molecular complexity index is 1200. The van der Waals surface area contributed by atoms with Crippen molar-refractivity contribution < 1.29 is 9.53 Å². The van der Waals surface area contributed by atoms with Gasteiger partial charge >= 0.3 is 5.97 Å². The van der Waals surface area contributed by atoms with Gasteiger partial charge in [0.15, 0.2) is 11.9 Å². The Morgan fingerprint density at radius 3 is 2.90 bits per heavy atom. The average molecular weight is 460 g/mol. The van der Waals surface area contributed by atoms with Gasteiger partial charge in [0.05, 0.1) is 17.5 Å². The van der Waals surface area contributed by atoms with Crippen LogP contribution in [0.1, 0.15) is 45.2 Å². The van der Waals surface area contributed by atoms with E-state index < -0.39 is 12.1 Å². The summed E-state index contributed by atoms with van der Waals surface area (Å²) in [6.07, 6.45) is -0.673. The van der Waals surface area contributed by atoms with Crippen molar-refractivity contribution in [1.29, 1.82) is 0 Å². The molecule has 1 atom stereocenters. The summed E-state index contributed by atoms with van der Waals surface area (Å²) < 4.78 is 6.72. The number of aliphatic imine (C=N–C) groups is 1. The highest BCUT2D eigenvalue weighted by atomic mass is 32.2. The van der Waals surface area contributed by atoms with Crippen LogP contribution < -0.4 is 5.56 Å². The molecule has 0 radical (unpaired) electrons. The topological polar surface area (TPSA) is 84.4 Å². The van der Waals surface area contributed by atoms with Gasteiger partial charge in [-0.05, 0) is 38.0 Å². The minimum Gasteiger partial charge on any atom is -0.451 e. The number of thioether (sulfide) groups is 2. The van der Waals surface area contributed by atoms with Gasteiger partial charge in [0.2, 0.25) is 0 Å². The molecule has 0 saturated carbocycles. The van der Waals surface area contributed by atoms with E-state index in [2.05, 4.69) is 15.0 Å². The van der Waals surface area contributed by atoms with Crippen molar-refractivity contribution in [3.63, 3.8) is 0 Å². The highest BCUT2D eigenvalue weighted by Gasteiger charge is 2.21. The van der Waals surface area contributed by atoms with Crippen LogP contribution in [-0.4, -0.2) is 32.6 Å². The minimum atomic E-state index is -0.673. The molecule has 30 heavy (non-hydrogen) atoms.